The van der Waals surface area contributed by atoms with Gasteiger partial charge in [-0.1, -0.05) is 13.8 Å². The number of nitrogens with one attached hydrogen (secondary N) is 1. The standard InChI is InChI=1S/C22H24FN3O5S2/c1-3-26(4-2)33(29,30)19-11-14(9-10-17(19)23)22(28)31-13-20(27)25-21-16(12-24)15-7-5-6-8-18(15)32-21/h9-11H,3-8,13H2,1-2H3,(H,25,27). The molecule has 1 aliphatic rings. The van der Waals surface area contributed by atoms with E-state index in [1.807, 2.05) is 0 Å². The summed E-state index contributed by atoms with van der Waals surface area (Å²) in [5.74, 6) is -2.58. The topological polar surface area (TPSA) is 117 Å². The first-order valence-electron chi connectivity index (χ1n) is 10.5. The molecule has 0 fully saturated rings. The Bertz CT molecular complexity index is 1210. The maximum atomic E-state index is 14.2. The lowest BCUT2D eigenvalue weighted by atomic mass is 9.96. The Morgan fingerprint density at radius 1 is 1.24 bits per heavy atom. The van der Waals surface area contributed by atoms with Gasteiger partial charge >= 0.3 is 5.97 Å². The van der Waals surface area contributed by atoms with Crippen LogP contribution in [0.3, 0.4) is 0 Å². The molecule has 1 N–H and O–H groups in total. The second-order valence-corrected chi connectivity index (χ2v) is 10.4. The number of rotatable bonds is 8. The normalized spacial score (nSPS) is 13.3. The van der Waals surface area contributed by atoms with Crippen LogP contribution in [0, 0.1) is 17.1 Å². The Kier molecular flexibility index (Phi) is 7.84. The van der Waals surface area contributed by atoms with Gasteiger partial charge in [-0.3, -0.25) is 4.79 Å². The summed E-state index contributed by atoms with van der Waals surface area (Å²) in [6, 6.07) is 5.02. The van der Waals surface area contributed by atoms with Crippen LogP contribution in [0.2, 0.25) is 0 Å². The van der Waals surface area contributed by atoms with E-state index in [0.717, 1.165) is 58.6 Å². The monoisotopic (exact) mass is 493 g/mol. The van der Waals surface area contributed by atoms with Crippen LogP contribution < -0.4 is 5.32 Å². The number of carbonyl (C=O) groups excluding carboxylic acids is 2. The minimum absolute atomic E-state index is 0.143. The zero-order chi connectivity index (χ0) is 24.2. The van der Waals surface area contributed by atoms with E-state index >= 15 is 0 Å². The fourth-order valence-electron chi connectivity index (χ4n) is 3.68. The van der Waals surface area contributed by atoms with Gasteiger partial charge in [-0.05, 0) is 49.4 Å². The van der Waals surface area contributed by atoms with Crippen LogP contribution in [0.5, 0.6) is 0 Å². The average molecular weight is 494 g/mol. The number of ether oxygens (including phenoxy) is 1. The number of aryl methyl sites for hydroxylation is 1. The third kappa shape index (κ3) is 5.24. The lowest BCUT2D eigenvalue weighted by Gasteiger charge is -2.19. The predicted molar refractivity (Wildman–Crippen MR) is 121 cm³/mol. The molecule has 0 saturated carbocycles. The van der Waals surface area contributed by atoms with Gasteiger partial charge < -0.3 is 10.1 Å². The van der Waals surface area contributed by atoms with E-state index < -0.39 is 39.2 Å². The predicted octanol–water partition coefficient (Wildman–Crippen LogP) is 3.46. The van der Waals surface area contributed by atoms with Gasteiger partial charge in [0.2, 0.25) is 10.0 Å². The van der Waals surface area contributed by atoms with E-state index in [-0.39, 0.29) is 18.7 Å². The number of sulfonamides is 1. The first-order chi connectivity index (χ1) is 15.7. The third-order valence-electron chi connectivity index (χ3n) is 5.36. The molecule has 176 valence electrons. The summed E-state index contributed by atoms with van der Waals surface area (Å²) >= 11 is 1.35. The summed E-state index contributed by atoms with van der Waals surface area (Å²) in [5, 5.41) is 12.5. The number of nitriles is 1. The Labute approximate surface area is 196 Å². The molecule has 1 amide bonds. The van der Waals surface area contributed by atoms with Gasteiger partial charge in [0.1, 0.15) is 21.8 Å². The molecule has 0 atom stereocenters. The van der Waals surface area contributed by atoms with E-state index in [4.69, 9.17) is 4.74 Å². The molecule has 2 aromatic rings. The van der Waals surface area contributed by atoms with Crippen molar-refractivity contribution in [3.05, 3.63) is 45.6 Å². The molecule has 0 unspecified atom stereocenters. The molecule has 0 spiro atoms. The summed E-state index contributed by atoms with van der Waals surface area (Å²) in [5.41, 5.74) is 1.22. The summed E-state index contributed by atoms with van der Waals surface area (Å²) in [6.45, 7) is 2.89. The van der Waals surface area contributed by atoms with Crippen LogP contribution in [0.15, 0.2) is 23.1 Å². The molecule has 0 radical (unpaired) electrons. The van der Waals surface area contributed by atoms with Crippen LogP contribution in [0.1, 0.15) is 53.1 Å². The van der Waals surface area contributed by atoms with Crippen molar-refractivity contribution >= 4 is 38.2 Å². The number of hydrogen-bond donors (Lipinski definition) is 1. The lowest BCUT2D eigenvalue weighted by molar-refractivity contribution is -0.119. The van der Waals surface area contributed by atoms with Crippen LogP contribution in [0.4, 0.5) is 9.39 Å². The molecule has 1 aromatic carbocycles. The van der Waals surface area contributed by atoms with Crippen molar-refractivity contribution in [2.45, 2.75) is 44.4 Å². The Balaban J connectivity index is 1.70. The summed E-state index contributed by atoms with van der Waals surface area (Å²) < 4.78 is 45.6. The lowest BCUT2D eigenvalue weighted by Crippen LogP contribution is -2.31. The SMILES string of the molecule is CCN(CC)S(=O)(=O)c1cc(C(=O)OCC(=O)Nc2sc3c(c2C#N)CCCC3)ccc1F. The van der Waals surface area contributed by atoms with E-state index in [9.17, 15) is 27.7 Å². The smallest absolute Gasteiger partial charge is 0.338 e. The number of esters is 1. The molecule has 0 aliphatic heterocycles. The molecule has 33 heavy (non-hydrogen) atoms. The van der Waals surface area contributed by atoms with E-state index in [0.29, 0.717) is 10.6 Å². The molecule has 1 heterocycles. The highest BCUT2D eigenvalue weighted by atomic mass is 32.2. The van der Waals surface area contributed by atoms with Crippen molar-refractivity contribution in [1.82, 2.24) is 4.31 Å². The maximum Gasteiger partial charge on any atom is 0.338 e. The molecule has 11 heteroatoms. The number of fused-ring (bicyclic) bond motifs is 1. The largest absolute Gasteiger partial charge is 0.452 e. The third-order valence-corrected chi connectivity index (χ3v) is 8.63. The first kappa shape index (κ1) is 24.8. The summed E-state index contributed by atoms with van der Waals surface area (Å²) in [4.78, 5) is 25.2. The zero-order valence-electron chi connectivity index (χ0n) is 18.3. The summed E-state index contributed by atoms with van der Waals surface area (Å²) in [7, 11) is -4.13. The molecular formula is C22H24FN3O5S2. The van der Waals surface area contributed by atoms with Crippen LogP contribution >= 0.6 is 11.3 Å². The van der Waals surface area contributed by atoms with Gasteiger partial charge in [-0.15, -0.1) is 11.3 Å². The molecule has 8 nitrogen and oxygen atoms in total. The minimum atomic E-state index is -4.13. The van der Waals surface area contributed by atoms with Crippen molar-refractivity contribution in [2.75, 3.05) is 25.0 Å². The molecule has 3 rings (SSSR count). The molecule has 1 aliphatic carbocycles. The number of halogens is 1. The van der Waals surface area contributed by atoms with Gasteiger partial charge in [0.05, 0.1) is 11.1 Å². The van der Waals surface area contributed by atoms with Gasteiger partial charge in [0.15, 0.2) is 6.61 Å². The van der Waals surface area contributed by atoms with Crippen molar-refractivity contribution in [1.29, 1.82) is 5.26 Å². The Morgan fingerprint density at radius 3 is 2.61 bits per heavy atom. The fourth-order valence-corrected chi connectivity index (χ4v) is 6.48. The van der Waals surface area contributed by atoms with Gasteiger partial charge in [-0.25, -0.2) is 17.6 Å². The highest BCUT2D eigenvalue weighted by Crippen LogP contribution is 2.37. The molecule has 0 saturated heterocycles. The quantitative estimate of drug-likeness (QED) is 0.563. The summed E-state index contributed by atoms with van der Waals surface area (Å²) in [6.07, 6.45) is 3.69. The van der Waals surface area contributed by atoms with Crippen molar-refractivity contribution in [2.24, 2.45) is 0 Å². The van der Waals surface area contributed by atoms with E-state index in [1.54, 1.807) is 13.8 Å². The highest BCUT2D eigenvalue weighted by Gasteiger charge is 2.27. The number of amides is 1. The van der Waals surface area contributed by atoms with E-state index in [2.05, 4.69) is 11.4 Å². The number of nitrogens with zero attached hydrogens (tertiary/aromatic N) is 2. The molecular weight excluding hydrogens is 469 g/mol. The zero-order valence-corrected chi connectivity index (χ0v) is 19.9. The second-order valence-electron chi connectivity index (χ2n) is 7.39. The second kappa shape index (κ2) is 10.4. The fraction of sp³-hybridized carbons (Fsp3) is 0.409. The molecule has 0 bridgehead atoms. The number of benzene rings is 1. The number of anilines is 1. The Hall–Kier alpha value is -2.81. The van der Waals surface area contributed by atoms with Crippen LogP contribution in [-0.4, -0.2) is 44.3 Å². The number of thiophene rings is 1. The first-order valence-corrected chi connectivity index (χ1v) is 12.8. The number of carbonyl (C=O) groups is 2. The molecule has 1 aromatic heterocycles. The van der Waals surface area contributed by atoms with Gasteiger partial charge in [-0.2, -0.15) is 9.57 Å². The minimum Gasteiger partial charge on any atom is -0.452 e. The van der Waals surface area contributed by atoms with Crippen molar-refractivity contribution in [3.63, 3.8) is 0 Å². The van der Waals surface area contributed by atoms with Crippen LogP contribution in [-0.2, 0) is 32.4 Å². The van der Waals surface area contributed by atoms with Gasteiger partial charge in [0.25, 0.3) is 5.91 Å². The van der Waals surface area contributed by atoms with Gasteiger partial charge in [0, 0.05) is 18.0 Å². The number of hydrogen-bond acceptors (Lipinski definition) is 7. The average Bonchev–Trinajstić information content (AvgIpc) is 3.15. The Morgan fingerprint density at radius 2 is 1.94 bits per heavy atom. The van der Waals surface area contributed by atoms with Crippen molar-refractivity contribution < 1.29 is 27.1 Å². The highest BCUT2D eigenvalue weighted by molar-refractivity contribution is 7.89. The maximum absolute atomic E-state index is 14.2. The van der Waals surface area contributed by atoms with E-state index in [1.165, 1.54) is 11.3 Å². The van der Waals surface area contributed by atoms with Crippen molar-refractivity contribution in [3.8, 4) is 6.07 Å². The van der Waals surface area contributed by atoms with Crippen LogP contribution in [0.25, 0.3) is 0 Å².